The molecule has 0 fully saturated rings. The van der Waals surface area contributed by atoms with Crippen molar-refractivity contribution in [3.05, 3.63) is 17.7 Å². The Morgan fingerprint density at radius 2 is 2.06 bits per heavy atom. The average Bonchev–Trinajstić information content (AvgIpc) is 2.59. The number of aryl methyl sites for hydroxylation is 1. The molecule has 0 atom stereocenters. The maximum Gasteiger partial charge on any atom is 0.106 e. The second kappa shape index (κ2) is 5.48. The molecule has 0 bridgehead atoms. The van der Waals surface area contributed by atoms with E-state index in [4.69, 9.17) is 0 Å². The third kappa shape index (κ3) is 4.35. The summed E-state index contributed by atoms with van der Waals surface area (Å²) in [4.78, 5) is 7.82. The molecule has 3 nitrogen and oxygen atoms in total. The SMILES string of the molecule is CC(C)NCCCc1ncc(C(C)(C)C)[nH]1. The Labute approximate surface area is 99.1 Å². The van der Waals surface area contributed by atoms with E-state index in [1.165, 1.54) is 5.69 Å². The fourth-order valence-electron chi connectivity index (χ4n) is 1.52. The van der Waals surface area contributed by atoms with Crippen LogP contribution in [0.1, 0.15) is 52.6 Å². The Balaban J connectivity index is 2.36. The van der Waals surface area contributed by atoms with Gasteiger partial charge in [0.2, 0.25) is 0 Å². The van der Waals surface area contributed by atoms with Gasteiger partial charge in [-0.15, -0.1) is 0 Å². The Morgan fingerprint density at radius 3 is 2.56 bits per heavy atom. The fourth-order valence-corrected chi connectivity index (χ4v) is 1.52. The zero-order chi connectivity index (χ0) is 12.2. The van der Waals surface area contributed by atoms with Crippen LogP contribution in [-0.2, 0) is 11.8 Å². The highest BCUT2D eigenvalue weighted by Crippen LogP contribution is 2.19. The van der Waals surface area contributed by atoms with Crippen molar-refractivity contribution in [1.82, 2.24) is 15.3 Å². The van der Waals surface area contributed by atoms with E-state index in [2.05, 4.69) is 49.9 Å². The van der Waals surface area contributed by atoms with Gasteiger partial charge >= 0.3 is 0 Å². The van der Waals surface area contributed by atoms with Crippen molar-refractivity contribution >= 4 is 0 Å². The maximum absolute atomic E-state index is 4.42. The maximum atomic E-state index is 4.42. The molecule has 0 spiro atoms. The third-order valence-corrected chi connectivity index (χ3v) is 2.58. The Bertz CT molecular complexity index is 307. The second-order valence-corrected chi connectivity index (χ2v) is 5.71. The summed E-state index contributed by atoms with van der Waals surface area (Å²) < 4.78 is 0. The number of H-pyrrole nitrogens is 1. The first kappa shape index (κ1) is 13.2. The van der Waals surface area contributed by atoms with Crippen LogP contribution in [0.25, 0.3) is 0 Å². The molecule has 0 amide bonds. The van der Waals surface area contributed by atoms with Gasteiger partial charge in [0.25, 0.3) is 0 Å². The quantitative estimate of drug-likeness (QED) is 0.753. The molecule has 0 aliphatic heterocycles. The van der Waals surface area contributed by atoms with Crippen molar-refractivity contribution < 1.29 is 0 Å². The fraction of sp³-hybridized carbons (Fsp3) is 0.769. The highest BCUT2D eigenvalue weighted by atomic mass is 14.9. The lowest BCUT2D eigenvalue weighted by Gasteiger charge is -2.15. The second-order valence-electron chi connectivity index (χ2n) is 5.71. The monoisotopic (exact) mass is 223 g/mol. The molecule has 3 heteroatoms. The summed E-state index contributed by atoms with van der Waals surface area (Å²) in [6.07, 6.45) is 4.12. The molecule has 16 heavy (non-hydrogen) atoms. The van der Waals surface area contributed by atoms with E-state index in [1.54, 1.807) is 0 Å². The van der Waals surface area contributed by atoms with E-state index in [0.717, 1.165) is 25.2 Å². The number of nitrogens with zero attached hydrogens (tertiary/aromatic N) is 1. The predicted molar refractivity (Wildman–Crippen MR) is 68.7 cm³/mol. The van der Waals surface area contributed by atoms with E-state index < -0.39 is 0 Å². The molecule has 0 aliphatic rings. The Kier molecular flexibility index (Phi) is 4.54. The van der Waals surface area contributed by atoms with Gasteiger partial charge in [0.1, 0.15) is 5.82 Å². The van der Waals surface area contributed by atoms with E-state index in [-0.39, 0.29) is 5.41 Å². The van der Waals surface area contributed by atoms with Gasteiger partial charge in [0.15, 0.2) is 0 Å². The summed E-state index contributed by atoms with van der Waals surface area (Å²) in [7, 11) is 0. The smallest absolute Gasteiger partial charge is 0.106 e. The number of hydrogen-bond acceptors (Lipinski definition) is 2. The number of nitrogens with one attached hydrogen (secondary N) is 2. The van der Waals surface area contributed by atoms with E-state index in [1.807, 2.05) is 6.20 Å². The number of aromatic amines is 1. The summed E-state index contributed by atoms with van der Waals surface area (Å²) >= 11 is 0. The number of aromatic nitrogens is 2. The standard InChI is InChI=1S/C13H25N3/c1-10(2)14-8-6-7-12-15-9-11(16-12)13(3,4)5/h9-10,14H,6-8H2,1-5H3,(H,15,16). The van der Waals surface area contributed by atoms with E-state index >= 15 is 0 Å². The van der Waals surface area contributed by atoms with Crippen LogP contribution >= 0.6 is 0 Å². The van der Waals surface area contributed by atoms with Crippen LogP contribution in [0.4, 0.5) is 0 Å². The molecule has 0 radical (unpaired) electrons. The number of rotatable bonds is 5. The van der Waals surface area contributed by atoms with Crippen molar-refractivity contribution in [3.63, 3.8) is 0 Å². The van der Waals surface area contributed by atoms with Gasteiger partial charge in [-0.05, 0) is 13.0 Å². The molecule has 92 valence electrons. The molecular formula is C13H25N3. The highest BCUT2D eigenvalue weighted by Gasteiger charge is 2.15. The minimum Gasteiger partial charge on any atom is -0.345 e. The van der Waals surface area contributed by atoms with Gasteiger partial charge in [-0.3, -0.25) is 0 Å². The Morgan fingerprint density at radius 1 is 1.38 bits per heavy atom. The first-order valence-corrected chi connectivity index (χ1v) is 6.17. The van der Waals surface area contributed by atoms with Crippen molar-refractivity contribution in [2.24, 2.45) is 0 Å². The zero-order valence-electron chi connectivity index (χ0n) is 11.2. The molecule has 1 aromatic heterocycles. The summed E-state index contributed by atoms with van der Waals surface area (Å²) in [5.74, 6) is 1.11. The van der Waals surface area contributed by atoms with Crippen LogP contribution in [0.3, 0.4) is 0 Å². The van der Waals surface area contributed by atoms with Gasteiger partial charge in [-0.1, -0.05) is 34.6 Å². The van der Waals surface area contributed by atoms with Crippen molar-refractivity contribution in [3.8, 4) is 0 Å². The van der Waals surface area contributed by atoms with Crippen LogP contribution < -0.4 is 5.32 Å². The minimum absolute atomic E-state index is 0.168. The molecule has 0 unspecified atom stereocenters. The molecule has 0 saturated carbocycles. The first-order valence-electron chi connectivity index (χ1n) is 6.17. The van der Waals surface area contributed by atoms with Gasteiger partial charge in [-0.25, -0.2) is 4.98 Å². The minimum atomic E-state index is 0.168. The molecule has 1 aromatic rings. The molecule has 1 rings (SSSR count). The van der Waals surface area contributed by atoms with Gasteiger partial charge in [0.05, 0.1) is 0 Å². The van der Waals surface area contributed by atoms with Crippen LogP contribution in [0, 0.1) is 0 Å². The van der Waals surface area contributed by atoms with Gasteiger partial charge in [-0.2, -0.15) is 0 Å². The topological polar surface area (TPSA) is 40.7 Å². The molecule has 0 aromatic carbocycles. The van der Waals surface area contributed by atoms with E-state index in [9.17, 15) is 0 Å². The summed E-state index contributed by atoms with van der Waals surface area (Å²) in [6.45, 7) is 12.0. The summed E-state index contributed by atoms with van der Waals surface area (Å²) in [6, 6.07) is 0.571. The molecule has 0 aliphatic carbocycles. The lowest BCUT2D eigenvalue weighted by atomic mass is 9.93. The van der Waals surface area contributed by atoms with Crippen molar-refractivity contribution in [2.45, 2.75) is 58.9 Å². The lowest BCUT2D eigenvalue weighted by molar-refractivity contribution is 0.560. The first-order chi connectivity index (χ1) is 7.39. The largest absolute Gasteiger partial charge is 0.345 e. The summed E-state index contributed by atoms with van der Waals surface area (Å²) in [5.41, 5.74) is 1.39. The normalized spacial score (nSPS) is 12.4. The predicted octanol–water partition coefficient (Wildman–Crippen LogP) is 2.64. The third-order valence-electron chi connectivity index (χ3n) is 2.58. The van der Waals surface area contributed by atoms with Crippen LogP contribution in [0.15, 0.2) is 6.20 Å². The van der Waals surface area contributed by atoms with Crippen LogP contribution in [-0.4, -0.2) is 22.6 Å². The molecule has 2 N–H and O–H groups in total. The average molecular weight is 223 g/mol. The van der Waals surface area contributed by atoms with Gasteiger partial charge < -0.3 is 10.3 Å². The Hall–Kier alpha value is -0.830. The van der Waals surface area contributed by atoms with Crippen molar-refractivity contribution in [2.75, 3.05) is 6.54 Å². The highest BCUT2D eigenvalue weighted by molar-refractivity contribution is 5.11. The summed E-state index contributed by atoms with van der Waals surface area (Å²) in [5, 5.41) is 3.41. The van der Waals surface area contributed by atoms with Gasteiger partial charge in [0, 0.05) is 29.8 Å². The number of imidazole rings is 1. The van der Waals surface area contributed by atoms with E-state index in [0.29, 0.717) is 6.04 Å². The zero-order valence-corrected chi connectivity index (χ0v) is 11.2. The van der Waals surface area contributed by atoms with Crippen molar-refractivity contribution in [1.29, 1.82) is 0 Å². The number of hydrogen-bond donors (Lipinski definition) is 2. The van der Waals surface area contributed by atoms with Crippen LogP contribution in [0.2, 0.25) is 0 Å². The van der Waals surface area contributed by atoms with Crippen LogP contribution in [0.5, 0.6) is 0 Å². The molecular weight excluding hydrogens is 198 g/mol. The lowest BCUT2D eigenvalue weighted by Crippen LogP contribution is -2.24. The molecule has 0 saturated heterocycles. The molecule has 1 heterocycles.